The number of hydrogen-bond donors (Lipinski definition) is 1. The number of carbonyl (C=O) groups is 3. The van der Waals surface area contributed by atoms with Crippen molar-refractivity contribution in [1.82, 2.24) is 0 Å². The number of halogens is 1. The molecule has 1 aromatic rings. The molecule has 0 heterocycles. The third kappa shape index (κ3) is 5.25. The first-order valence-corrected chi connectivity index (χ1v) is 7.42. The fourth-order valence-electron chi connectivity index (χ4n) is 1.67. The number of anilines is 1. The topological polar surface area (TPSA) is 105 Å². The highest BCUT2D eigenvalue weighted by Crippen LogP contribution is 2.29. The Kier molecular flexibility index (Phi) is 6.32. The van der Waals surface area contributed by atoms with Crippen molar-refractivity contribution in [3.8, 4) is 6.07 Å². The molecule has 0 aliphatic rings. The molecule has 0 radical (unpaired) electrons. The smallest absolute Gasteiger partial charge is 0.412 e. The lowest BCUT2D eigenvalue weighted by molar-refractivity contribution is -0.137. The number of benzene rings is 1. The van der Waals surface area contributed by atoms with E-state index in [2.05, 4.69) is 10.1 Å². The first-order chi connectivity index (χ1) is 11.1. The summed E-state index contributed by atoms with van der Waals surface area (Å²) in [4.78, 5) is 35.5. The van der Waals surface area contributed by atoms with Crippen LogP contribution in [0.3, 0.4) is 0 Å². The van der Waals surface area contributed by atoms with E-state index in [1.165, 1.54) is 6.07 Å². The van der Waals surface area contributed by atoms with Gasteiger partial charge in [0.25, 0.3) is 5.78 Å². The van der Waals surface area contributed by atoms with Crippen LogP contribution in [0.15, 0.2) is 12.1 Å². The van der Waals surface area contributed by atoms with Crippen molar-refractivity contribution < 1.29 is 23.9 Å². The molecule has 7 nitrogen and oxygen atoms in total. The van der Waals surface area contributed by atoms with E-state index in [4.69, 9.17) is 21.6 Å². The average molecular weight is 353 g/mol. The maximum absolute atomic E-state index is 12.1. The molecule has 0 aromatic heterocycles. The molecule has 1 rings (SSSR count). The molecule has 128 valence electrons. The second-order valence-corrected chi connectivity index (χ2v) is 6.05. The quantitative estimate of drug-likeness (QED) is 0.506. The van der Waals surface area contributed by atoms with Gasteiger partial charge >= 0.3 is 12.1 Å². The van der Waals surface area contributed by atoms with Gasteiger partial charge in [0.15, 0.2) is 0 Å². The maximum Gasteiger partial charge on any atom is 0.412 e. The van der Waals surface area contributed by atoms with Gasteiger partial charge in [-0.2, -0.15) is 5.26 Å². The summed E-state index contributed by atoms with van der Waals surface area (Å²) in [5.74, 6) is -2.11. The lowest BCUT2D eigenvalue weighted by Gasteiger charge is -2.20. The highest BCUT2D eigenvalue weighted by molar-refractivity contribution is 6.46. The molecule has 0 aliphatic carbocycles. The molecule has 0 aliphatic heterocycles. The summed E-state index contributed by atoms with van der Waals surface area (Å²) >= 11 is 6.08. The fraction of sp³-hybridized carbons (Fsp3) is 0.375. The maximum atomic E-state index is 12.1. The summed E-state index contributed by atoms with van der Waals surface area (Å²) in [6.45, 7) is 6.60. The van der Waals surface area contributed by atoms with Gasteiger partial charge < -0.3 is 9.47 Å². The Hall–Kier alpha value is -2.59. The van der Waals surface area contributed by atoms with Crippen LogP contribution >= 0.6 is 11.6 Å². The van der Waals surface area contributed by atoms with Crippen LogP contribution in [0.5, 0.6) is 0 Å². The molecular weight excluding hydrogens is 336 g/mol. The van der Waals surface area contributed by atoms with Crippen molar-refractivity contribution in [2.24, 2.45) is 0 Å². The summed E-state index contributed by atoms with van der Waals surface area (Å²) in [7, 11) is 0. The van der Waals surface area contributed by atoms with E-state index in [1.807, 2.05) is 6.07 Å². The summed E-state index contributed by atoms with van der Waals surface area (Å²) in [6, 6.07) is 4.25. The molecule has 24 heavy (non-hydrogen) atoms. The zero-order chi connectivity index (χ0) is 18.5. The van der Waals surface area contributed by atoms with Crippen molar-refractivity contribution in [2.45, 2.75) is 33.3 Å². The molecule has 8 heteroatoms. The Morgan fingerprint density at radius 3 is 2.42 bits per heavy atom. The minimum atomic E-state index is -1.10. The predicted molar refractivity (Wildman–Crippen MR) is 87.0 cm³/mol. The lowest BCUT2D eigenvalue weighted by atomic mass is 10.1. The summed E-state index contributed by atoms with van der Waals surface area (Å²) in [5, 5.41) is 11.2. The lowest BCUT2D eigenvalue weighted by Crippen LogP contribution is -2.27. The van der Waals surface area contributed by atoms with Gasteiger partial charge in [0.2, 0.25) is 0 Å². The van der Waals surface area contributed by atoms with Crippen LogP contribution in [0.25, 0.3) is 0 Å². The van der Waals surface area contributed by atoms with Crippen molar-refractivity contribution in [3.63, 3.8) is 0 Å². The number of nitriles is 1. The van der Waals surface area contributed by atoms with Gasteiger partial charge in [-0.15, -0.1) is 0 Å². The van der Waals surface area contributed by atoms with E-state index in [1.54, 1.807) is 27.7 Å². The average Bonchev–Trinajstić information content (AvgIpc) is 2.46. The molecule has 1 N–H and O–H groups in total. The van der Waals surface area contributed by atoms with Gasteiger partial charge in [-0.1, -0.05) is 11.6 Å². The van der Waals surface area contributed by atoms with E-state index in [-0.39, 0.29) is 28.4 Å². The number of nitrogens with zero attached hydrogens (tertiary/aromatic N) is 1. The van der Waals surface area contributed by atoms with Crippen LogP contribution in [0.1, 0.15) is 43.6 Å². The van der Waals surface area contributed by atoms with E-state index in [9.17, 15) is 14.4 Å². The van der Waals surface area contributed by atoms with Gasteiger partial charge in [0, 0.05) is 0 Å². The summed E-state index contributed by atoms with van der Waals surface area (Å²) in [5.41, 5.74) is -0.955. The molecule has 0 fully saturated rings. The molecule has 0 spiro atoms. The van der Waals surface area contributed by atoms with Crippen LogP contribution in [-0.4, -0.2) is 30.1 Å². The number of nitrogens with one attached hydrogen (secondary N) is 1. The molecule has 1 aromatic carbocycles. The standard InChI is InChI=1S/C16H17ClN2O5/c1-5-23-14(21)13(20)10-6-9(8-18)7-11(12(10)17)19-15(22)24-16(2,3)4/h6-7H,5H2,1-4H3,(H,19,22). The molecule has 0 unspecified atom stereocenters. The molecule has 0 saturated heterocycles. The number of Topliss-reactive ketones (excluding diaryl/α,β-unsaturated/α-hetero) is 1. The number of amides is 1. The minimum Gasteiger partial charge on any atom is -0.460 e. The number of rotatable bonds is 4. The Morgan fingerprint density at radius 1 is 1.29 bits per heavy atom. The second-order valence-electron chi connectivity index (χ2n) is 5.67. The monoisotopic (exact) mass is 352 g/mol. The first kappa shape index (κ1) is 19.5. The minimum absolute atomic E-state index is 0.0161. The van der Waals surface area contributed by atoms with Crippen LogP contribution in [-0.2, 0) is 14.3 Å². The summed E-state index contributed by atoms with van der Waals surface area (Å²) in [6.07, 6.45) is -0.811. The van der Waals surface area contributed by atoms with Crippen LogP contribution in [0.4, 0.5) is 10.5 Å². The predicted octanol–water partition coefficient (Wildman–Crippen LogP) is 3.30. The Bertz CT molecular complexity index is 716. The molecular formula is C16H17ClN2O5. The SMILES string of the molecule is CCOC(=O)C(=O)c1cc(C#N)cc(NC(=O)OC(C)(C)C)c1Cl. The molecule has 0 saturated carbocycles. The third-order valence-electron chi connectivity index (χ3n) is 2.54. The van der Waals surface area contributed by atoms with E-state index < -0.39 is 23.4 Å². The van der Waals surface area contributed by atoms with Crippen molar-refractivity contribution in [3.05, 3.63) is 28.3 Å². The zero-order valence-electron chi connectivity index (χ0n) is 13.7. The van der Waals surface area contributed by atoms with Gasteiger partial charge in [-0.25, -0.2) is 9.59 Å². The van der Waals surface area contributed by atoms with E-state index in [0.717, 1.165) is 6.07 Å². The second kappa shape index (κ2) is 7.79. The van der Waals surface area contributed by atoms with Gasteiger partial charge in [0.1, 0.15) is 5.60 Å². The van der Waals surface area contributed by atoms with Gasteiger partial charge in [-0.3, -0.25) is 10.1 Å². The Morgan fingerprint density at radius 2 is 1.92 bits per heavy atom. The zero-order valence-corrected chi connectivity index (χ0v) is 14.5. The largest absolute Gasteiger partial charge is 0.460 e. The third-order valence-corrected chi connectivity index (χ3v) is 2.95. The Balaban J connectivity index is 3.21. The highest BCUT2D eigenvalue weighted by atomic mass is 35.5. The first-order valence-electron chi connectivity index (χ1n) is 7.04. The summed E-state index contributed by atoms with van der Waals surface area (Å²) < 4.78 is 9.72. The normalized spacial score (nSPS) is 10.5. The number of hydrogen-bond acceptors (Lipinski definition) is 6. The van der Waals surface area contributed by atoms with Crippen molar-refractivity contribution in [1.29, 1.82) is 5.26 Å². The van der Waals surface area contributed by atoms with Gasteiger partial charge in [0.05, 0.1) is 34.5 Å². The van der Waals surface area contributed by atoms with Crippen molar-refractivity contribution in [2.75, 3.05) is 11.9 Å². The Labute approximate surface area is 144 Å². The number of esters is 1. The number of ketones is 1. The van der Waals surface area contributed by atoms with E-state index >= 15 is 0 Å². The van der Waals surface area contributed by atoms with E-state index in [0.29, 0.717) is 0 Å². The van der Waals surface area contributed by atoms with Gasteiger partial charge in [-0.05, 0) is 39.8 Å². The van der Waals surface area contributed by atoms with Crippen molar-refractivity contribution >= 4 is 35.1 Å². The fourth-order valence-corrected chi connectivity index (χ4v) is 1.91. The molecule has 0 bridgehead atoms. The number of carbonyl (C=O) groups excluding carboxylic acids is 3. The van der Waals surface area contributed by atoms with Crippen LogP contribution < -0.4 is 5.32 Å². The molecule has 0 atom stereocenters. The highest BCUT2D eigenvalue weighted by Gasteiger charge is 2.24. The van der Waals surface area contributed by atoms with Crippen LogP contribution in [0, 0.1) is 11.3 Å². The number of ether oxygens (including phenoxy) is 2. The van der Waals surface area contributed by atoms with Crippen LogP contribution in [0.2, 0.25) is 5.02 Å². The molecule has 1 amide bonds.